The molecule has 0 aliphatic heterocycles. The maximum Gasteiger partial charge on any atom is 0.319 e. The molecule has 6 nitrogen and oxygen atoms in total. The molecule has 21 heavy (non-hydrogen) atoms. The fourth-order valence-electron chi connectivity index (χ4n) is 1.69. The van der Waals surface area contributed by atoms with Crippen LogP contribution in [0.3, 0.4) is 0 Å². The number of carbonyl (C=O) groups excluding carboxylic acids is 2. The van der Waals surface area contributed by atoms with E-state index in [1.165, 1.54) is 0 Å². The van der Waals surface area contributed by atoms with E-state index in [9.17, 15) is 9.59 Å². The second-order valence-electron chi connectivity index (χ2n) is 4.81. The Kier molecular flexibility index (Phi) is 7.08. The van der Waals surface area contributed by atoms with Crippen LogP contribution in [0.15, 0.2) is 24.3 Å². The van der Waals surface area contributed by atoms with Gasteiger partial charge in [0.05, 0.1) is 6.61 Å². The molecule has 3 N–H and O–H groups in total. The van der Waals surface area contributed by atoms with Crippen molar-refractivity contribution in [2.75, 3.05) is 18.5 Å². The van der Waals surface area contributed by atoms with Gasteiger partial charge in [-0.2, -0.15) is 0 Å². The molecule has 6 heteroatoms. The Morgan fingerprint density at radius 1 is 1.29 bits per heavy atom. The molecule has 0 heterocycles. The molecule has 3 amide bonds. The van der Waals surface area contributed by atoms with Crippen LogP contribution in [0.25, 0.3) is 0 Å². The predicted octanol–water partition coefficient (Wildman–Crippen LogP) is 2.12. The number of benzene rings is 1. The minimum atomic E-state index is -0.346. The van der Waals surface area contributed by atoms with E-state index in [1.54, 1.807) is 18.2 Å². The lowest BCUT2D eigenvalue weighted by Gasteiger charge is -2.10. The van der Waals surface area contributed by atoms with Gasteiger partial charge >= 0.3 is 6.03 Å². The van der Waals surface area contributed by atoms with Crippen LogP contribution in [0.5, 0.6) is 5.75 Å². The first-order chi connectivity index (χ1) is 10.0. The zero-order chi connectivity index (χ0) is 15.7. The molecule has 0 aliphatic carbocycles. The molecule has 0 unspecified atom stereocenters. The first kappa shape index (κ1) is 16.8. The van der Waals surface area contributed by atoms with E-state index in [4.69, 9.17) is 4.74 Å². The van der Waals surface area contributed by atoms with Crippen molar-refractivity contribution in [1.29, 1.82) is 0 Å². The van der Waals surface area contributed by atoms with Gasteiger partial charge in [0, 0.05) is 30.8 Å². The maximum atomic E-state index is 11.7. The molecule has 1 aromatic carbocycles. The summed E-state index contributed by atoms with van der Waals surface area (Å²) in [5.74, 6) is 0.621. The topological polar surface area (TPSA) is 79.5 Å². The highest BCUT2D eigenvalue weighted by Gasteiger charge is 2.05. The molecule has 116 valence electrons. The van der Waals surface area contributed by atoms with Crippen LogP contribution in [0.2, 0.25) is 0 Å². The van der Waals surface area contributed by atoms with E-state index in [-0.39, 0.29) is 30.9 Å². The fourth-order valence-corrected chi connectivity index (χ4v) is 1.69. The first-order valence-corrected chi connectivity index (χ1v) is 7.08. The summed E-state index contributed by atoms with van der Waals surface area (Å²) in [6, 6.07) is 6.90. The number of rotatable bonds is 7. The predicted molar refractivity (Wildman–Crippen MR) is 82.5 cm³/mol. The number of amides is 3. The van der Waals surface area contributed by atoms with Crippen molar-refractivity contribution in [3.05, 3.63) is 24.3 Å². The van der Waals surface area contributed by atoms with E-state index in [0.717, 1.165) is 0 Å². The van der Waals surface area contributed by atoms with E-state index >= 15 is 0 Å². The lowest BCUT2D eigenvalue weighted by atomic mass is 10.3. The molecule has 0 spiro atoms. The fraction of sp³-hybridized carbons (Fsp3) is 0.467. The third-order valence-electron chi connectivity index (χ3n) is 2.49. The standard InChI is InChI=1S/C15H23N3O3/c1-4-21-13-7-5-6-12(10-13)18-15(20)16-9-8-14(19)17-11(2)3/h5-7,10-11H,4,8-9H2,1-3H3,(H,17,19)(H2,16,18,20). The average Bonchev–Trinajstić information content (AvgIpc) is 2.38. The molecule has 0 aliphatic rings. The Bertz CT molecular complexity index is 475. The van der Waals surface area contributed by atoms with Gasteiger partial charge in [0.25, 0.3) is 0 Å². The van der Waals surface area contributed by atoms with Gasteiger partial charge in [-0.15, -0.1) is 0 Å². The van der Waals surface area contributed by atoms with Crippen molar-refractivity contribution in [2.45, 2.75) is 33.2 Å². The molecule has 0 atom stereocenters. The Labute approximate surface area is 125 Å². The van der Waals surface area contributed by atoms with Gasteiger partial charge in [-0.05, 0) is 32.9 Å². The molecule has 1 aromatic rings. The summed E-state index contributed by atoms with van der Waals surface area (Å²) in [5, 5.41) is 8.09. The van der Waals surface area contributed by atoms with E-state index < -0.39 is 0 Å². The highest BCUT2D eigenvalue weighted by molar-refractivity contribution is 5.89. The smallest absolute Gasteiger partial charge is 0.319 e. The first-order valence-electron chi connectivity index (χ1n) is 7.08. The number of urea groups is 1. The van der Waals surface area contributed by atoms with Crippen LogP contribution in [-0.2, 0) is 4.79 Å². The molecule has 0 aromatic heterocycles. The quantitative estimate of drug-likeness (QED) is 0.720. The van der Waals surface area contributed by atoms with Crippen molar-refractivity contribution in [1.82, 2.24) is 10.6 Å². The van der Waals surface area contributed by atoms with E-state index in [2.05, 4.69) is 16.0 Å². The zero-order valence-corrected chi connectivity index (χ0v) is 12.7. The highest BCUT2D eigenvalue weighted by atomic mass is 16.5. The van der Waals surface area contributed by atoms with Crippen LogP contribution in [-0.4, -0.2) is 31.1 Å². The summed E-state index contributed by atoms with van der Waals surface area (Å²) >= 11 is 0. The summed E-state index contributed by atoms with van der Waals surface area (Å²) in [7, 11) is 0. The molecule has 0 saturated heterocycles. The van der Waals surface area contributed by atoms with Crippen LogP contribution in [0, 0.1) is 0 Å². The highest BCUT2D eigenvalue weighted by Crippen LogP contribution is 2.16. The lowest BCUT2D eigenvalue weighted by Crippen LogP contribution is -2.35. The SMILES string of the molecule is CCOc1cccc(NC(=O)NCCC(=O)NC(C)C)c1. The summed E-state index contributed by atoms with van der Waals surface area (Å²) < 4.78 is 5.35. The molecule has 0 saturated carbocycles. The summed E-state index contributed by atoms with van der Waals surface area (Å²) in [5.41, 5.74) is 0.644. The van der Waals surface area contributed by atoms with Crippen molar-refractivity contribution in [3.63, 3.8) is 0 Å². The number of anilines is 1. The summed E-state index contributed by atoms with van der Waals surface area (Å²) in [6.45, 7) is 6.54. The van der Waals surface area contributed by atoms with Crippen LogP contribution >= 0.6 is 0 Å². The third kappa shape index (κ3) is 7.20. The van der Waals surface area contributed by atoms with Crippen LogP contribution in [0.4, 0.5) is 10.5 Å². The van der Waals surface area contributed by atoms with Gasteiger partial charge < -0.3 is 20.7 Å². The third-order valence-corrected chi connectivity index (χ3v) is 2.49. The lowest BCUT2D eigenvalue weighted by molar-refractivity contribution is -0.121. The molecule has 0 fully saturated rings. The molecular formula is C15H23N3O3. The van der Waals surface area contributed by atoms with Gasteiger partial charge in [-0.3, -0.25) is 4.79 Å². The van der Waals surface area contributed by atoms with Crippen molar-refractivity contribution >= 4 is 17.6 Å². The minimum Gasteiger partial charge on any atom is -0.494 e. The monoisotopic (exact) mass is 293 g/mol. The normalized spacial score (nSPS) is 10.1. The molecular weight excluding hydrogens is 270 g/mol. The van der Waals surface area contributed by atoms with E-state index in [1.807, 2.05) is 26.8 Å². The van der Waals surface area contributed by atoms with Crippen molar-refractivity contribution in [2.24, 2.45) is 0 Å². The van der Waals surface area contributed by atoms with Crippen LogP contribution < -0.4 is 20.7 Å². The second-order valence-corrected chi connectivity index (χ2v) is 4.81. The van der Waals surface area contributed by atoms with Gasteiger partial charge in [0.1, 0.15) is 5.75 Å². The number of nitrogens with one attached hydrogen (secondary N) is 3. The number of carbonyl (C=O) groups is 2. The minimum absolute atomic E-state index is 0.0800. The van der Waals surface area contributed by atoms with Gasteiger partial charge in [0.15, 0.2) is 0 Å². The second kappa shape index (κ2) is 8.84. The Hall–Kier alpha value is -2.24. The van der Waals surface area contributed by atoms with Crippen molar-refractivity contribution < 1.29 is 14.3 Å². The molecule has 1 rings (SSSR count). The zero-order valence-electron chi connectivity index (χ0n) is 12.7. The summed E-state index contributed by atoms with van der Waals surface area (Å²) in [4.78, 5) is 23.1. The van der Waals surface area contributed by atoms with Gasteiger partial charge in [-0.1, -0.05) is 6.07 Å². The van der Waals surface area contributed by atoms with Crippen molar-refractivity contribution in [3.8, 4) is 5.75 Å². The Balaban J connectivity index is 2.33. The summed E-state index contributed by atoms with van der Waals surface area (Å²) in [6.07, 6.45) is 0.255. The van der Waals surface area contributed by atoms with E-state index in [0.29, 0.717) is 18.0 Å². The number of hydrogen-bond acceptors (Lipinski definition) is 3. The Morgan fingerprint density at radius 2 is 2.05 bits per heavy atom. The van der Waals surface area contributed by atoms with Gasteiger partial charge in [0.2, 0.25) is 5.91 Å². The molecule has 0 radical (unpaired) electrons. The Morgan fingerprint density at radius 3 is 2.71 bits per heavy atom. The number of hydrogen-bond donors (Lipinski definition) is 3. The maximum absolute atomic E-state index is 11.7. The van der Waals surface area contributed by atoms with Crippen LogP contribution in [0.1, 0.15) is 27.2 Å². The average molecular weight is 293 g/mol. The molecule has 0 bridgehead atoms. The largest absolute Gasteiger partial charge is 0.494 e. The van der Waals surface area contributed by atoms with Gasteiger partial charge in [-0.25, -0.2) is 4.79 Å². The number of ether oxygens (including phenoxy) is 1.